The van der Waals surface area contributed by atoms with Gasteiger partial charge in [0.2, 0.25) is 5.91 Å². The van der Waals surface area contributed by atoms with Crippen molar-refractivity contribution < 1.29 is 28.2 Å². The molecule has 1 N–H and O–H groups in total. The van der Waals surface area contributed by atoms with E-state index in [4.69, 9.17) is 9.47 Å². The Balaban J connectivity index is 1.68. The van der Waals surface area contributed by atoms with Crippen LogP contribution in [-0.4, -0.2) is 49.4 Å². The predicted octanol–water partition coefficient (Wildman–Crippen LogP) is 2.58. The van der Waals surface area contributed by atoms with Crippen LogP contribution in [0.15, 0.2) is 12.1 Å². The van der Waals surface area contributed by atoms with Crippen LogP contribution in [0.25, 0.3) is 0 Å². The summed E-state index contributed by atoms with van der Waals surface area (Å²) >= 11 is 0. The van der Waals surface area contributed by atoms with Crippen molar-refractivity contribution >= 4 is 29.5 Å². The Morgan fingerprint density at radius 3 is 2.71 bits per heavy atom. The molecule has 2 heterocycles. The fraction of sp³-hybridized carbons (Fsp3) is 0.526. The predicted molar refractivity (Wildman–Crippen MR) is 100.0 cm³/mol. The fourth-order valence-corrected chi connectivity index (χ4v) is 3.30. The maximum atomic E-state index is 14.6. The number of hydrogen-bond donors (Lipinski definition) is 1. The van der Waals surface area contributed by atoms with Gasteiger partial charge in [0.25, 0.3) is 0 Å². The molecule has 2 aliphatic heterocycles. The number of cyclic esters (lactones) is 1. The molecule has 1 fully saturated rings. The molecular formula is C19H24FN3O5. The molecule has 3 rings (SSSR count). The lowest BCUT2D eigenvalue weighted by Crippen LogP contribution is -2.38. The number of carbonyl (C=O) groups is 3. The van der Waals surface area contributed by atoms with Crippen molar-refractivity contribution in [3.63, 3.8) is 0 Å². The number of nitrogens with zero attached hydrogens (tertiary/aromatic N) is 2. The second-order valence-electron chi connectivity index (χ2n) is 7.75. The van der Waals surface area contributed by atoms with Gasteiger partial charge < -0.3 is 19.7 Å². The molecule has 0 bridgehead atoms. The van der Waals surface area contributed by atoms with E-state index in [1.54, 1.807) is 33.8 Å². The quantitative estimate of drug-likeness (QED) is 0.850. The molecule has 28 heavy (non-hydrogen) atoms. The van der Waals surface area contributed by atoms with Gasteiger partial charge in [-0.15, -0.1) is 0 Å². The highest BCUT2D eigenvalue weighted by atomic mass is 19.1. The van der Waals surface area contributed by atoms with Gasteiger partial charge in [0.05, 0.1) is 30.9 Å². The molecule has 3 amide bonds. The fourth-order valence-electron chi connectivity index (χ4n) is 3.30. The molecule has 0 aromatic heterocycles. The van der Waals surface area contributed by atoms with Crippen LogP contribution >= 0.6 is 0 Å². The lowest BCUT2D eigenvalue weighted by Gasteiger charge is -2.20. The molecule has 9 heteroatoms. The Labute approximate surface area is 162 Å². The zero-order valence-corrected chi connectivity index (χ0v) is 16.4. The van der Waals surface area contributed by atoms with Crippen LogP contribution in [0.3, 0.4) is 0 Å². The summed E-state index contributed by atoms with van der Waals surface area (Å²) < 4.78 is 25.0. The van der Waals surface area contributed by atoms with Gasteiger partial charge in [0.1, 0.15) is 17.5 Å². The number of benzene rings is 1. The minimum absolute atomic E-state index is 0.0761. The van der Waals surface area contributed by atoms with Crippen LogP contribution < -0.4 is 15.1 Å². The first-order valence-corrected chi connectivity index (χ1v) is 9.17. The van der Waals surface area contributed by atoms with Crippen LogP contribution in [-0.2, 0) is 20.7 Å². The van der Waals surface area contributed by atoms with E-state index in [9.17, 15) is 18.8 Å². The second-order valence-corrected chi connectivity index (χ2v) is 7.75. The first-order valence-electron chi connectivity index (χ1n) is 9.17. The number of rotatable bonds is 4. The molecule has 0 saturated carbocycles. The minimum Gasteiger partial charge on any atom is -0.444 e. The van der Waals surface area contributed by atoms with E-state index in [1.165, 1.54) is 15.9 Å². The lowest BCUT2D eigenvalue weighted by molar-refractivity contribution is -0.117. The highest BCUT2D eigenvalue weighted by Gasteiger charge is 2.36. The summed E-state index contributed by atoms with van der Waals surface area (Å²) in [5, 5.41) is 2.56. The molecule has 1 saturated heterocycles. The third-order valence-electron chi connectivity index (χ3n) is 4.41. The maximum absolute atomic E-state index is 14.6. The smallest absolute Gasteiger partial charge is 0.414 e. The summed E-state index contributed by atoms with van der Waals surface area (Å²) in [6, 6.07) is 2.86. The number of anilines is 2. The monoisotopic (exact) mass is 393 g/mol. The van der Waals surface area contributed by atoms with E-state index in [2.05, 4.69) is 5.32 Å². The van der Waals surface area contributed by atoms with Gasteiger partial charge in [-0.25, -0.2) is 14.0 Å². The van der Waals surface area contributed by atoms with Gasteiger partial charge in [-0.05, 0) is 45.4 Å². The van der Waals surface area contributed by atoms with Crippen LogP contribution in [0.4, 0.5) is 25.4 Å². The molecule has 1 atom stereocenters. The first kappa shape index (κ1) is 19.9. The number of alkyl carbamates (subject to hydrolysis) is 1. The van der Waals surface area contributed by atoms with E-state index in [-0.39, 0.29) is 31.1 Å². The summed E-state index contributed by atoms with van der Waals surface area (Å²) in [5.74, 6) is -0.722. The number of amides is 3. The van der Waals surface area contributed by atoms with Crippen LogP contribution in [0.1, 0.15) is 33.3 Å². The number of likely N-dealkylation sites (N-methyl/N-ethyl adjacent to an activating group) is 1. The van der Waals surface area contributed by atoms with Crippen molar-refractivity contribution in [1.29, 1.82) is 0 Å². The van der Waals surface area contributed by atoms with Crippen LogP contribution in [0.5, 0.6) is 0 Å². The molecule has 152 valence electrons. The zero-order chi connectivity index (χ0) is 20.6. The number of hydrogen-bond acceptors (Lipinski definition) is 5. The normalized spacial score (nSPS) is 19.0. The van der Waals surface area contributed by atoms with Gasteiger partial charge in [-0.2, -0.15) is 0 Å². The Bertz CT molecular complexity index is 821. The van der Waals surface area contributed by atoms with E-state index < -0.39 is 29.7 Å². The summed E-state index contributed by atoms with van der Waals surface area (Å²) in [4.78, 5) is 38.7. The van der Waals surface area contributed by atoms with Gasteiger partial charge in [0.15, 0.2) is 0 Å². The standard InChI is InChI=1S/C19H24FN3O5/c1-5-22-15(24)7-11-6-12(8-14(20)16(11)22)23-10-13(27-18(23)26)9-21-17(25)28-19(2,3)4/h6,8,13H,5,7,9-10H2,1-4H3,(H,21,25). The van der Waals surface area contributed by atoms with E-state index >= 15 is 0 Å². The number of ether oxygens (including phenoxy) is 2. The van der Waals surface area contributed by atoms with E-state index in [0.717, 1.165) is 0 Å². The van der Waals surface area contributed by atoms with Gasteiger partial charge in [-0.3, -0.25) is 9.69 Å². The molecule has 0 spiro atoms. The third-order valence-corrected chi connectivity index (χ3v) is 4.41. The van der Waals surface area contributed by atoms with Crippen molar-refractivity contribution in [2.45, 2.75) is 45.8 Å². The SMILES string of the molecule is CCN1C(=O)Cc2cc(N3CC(CNC(=O)OC(C)(C)C)OC3=O)cc(F)c21. The molecule has 1 unspecified atom stereocenters. The number of halogens is 1. The molecule has 0 radical (unpaired) electrons. The Morgan fingerprint density at radius 2 is 2.07 bits per heavy atom. The van der Waals surface area contributed by atoms with Crippen LogP contribution in [0.2, 0.25) is 0 Å². The second kappa shape index (κ2) is 7.29. The average Bonchev–Trinajstić information content (AvgIpc) is 3.10. The van der Waals surface area contributed by atoms with Gasteiger partial charge in [-0.1, -0.05) is 0 Å². The minimum atomic E-state index is -0.632. The lowest BCUT2D eigenvalue weighted by atomic mass is 10.1. The third kappa shape index (κ3) is 4.02. The van der Waals surface area contributed by atoms with Crippen molar-refractivity contribution in [3.8, 4) is 0 Å². The summed E-state index contributed by atoms with van der Waals surface area (Å²) in [5.41, 5.74) is 0.512. The van der Waals surface area contributed by atoms with E-state index in [0.29, 0.717) is 17.8 Å². The van der Waals surface area contributed by atoms with Crippen molar-refractivity contribution in [1.82, 2.24) is 5.32 Å². The summed E-state index contributed by atoms with van der Waals surface area (Å²) in [6.07, 6.45) is -1.73. The number of carbonyl (C=O) groups excluding carboxylic acids is 3. The Hall–Kier alpha value is -2.84. The Kier molecular flexibility index (Phi) is 5.18. The Morgan fingerprint density at radius 1 is 1.36 bits per heavy atom. The van der Waals surface area contributed by atoms with Gasteiger partial charge >= 0.3 is 12.2 Å². The van der Waals surface area contributed by atoms with Crippen molar-refractivity contribution in [2.75, 3.05) is 29.4 Å². The van der Waals surface area contributed by atoms with Crippen LogP contribution in [0, 0.1) is 5.82 Å². The van der Waals surface area contributed by atoms with Crippen molar-refractivity contribution in [3.05, 3.63) is 23.5 Å². The van der Waals surface area contributed by atoms with Gasteiger partial charge in [0, 0.05) is 6.54 Å². The average molecular weight is 393 g/mol. The highest BCUT2D eigenvalue weighted by Crippen LogP contribution is 2.36. The van der Waals surface area contributed by atoms with Crippen molar-refractivity contribution in [2.24, 2.45) is 0 Å². The highest BCUT2D eigenvalue weighted by molar-refractivity contribution is 6.02. The zero-order valence-electron chi connectivity index (χ0n) is 16.4. The number of nitrogens with one attached hydrogen (secondary N) is 1. The summed E-state index contributed by atoms with van der Waals surface area (Å²) in [6.45, 7) is 7.63. The molecule has 0 aliphatic carbocycles. The molecule has 2 aliphatic rings. The summed E-state index contributed by atoms with van der Waals surface area (Å²) in [7, 11) is 0. The topological polar surface area (TPSA) is 88.2 Å². The maximum Gasteiger partial charge on any atom is 0.414 e. The largest absolute Gasteiger partial charge is 0.444 e. The first-order chi connectivity index (χ1) is 13.1. The molecule has 8 nitrogen and oxygen atoms in total. The molecule has 1 aromatic carbocycles. The molecule has 1 aromatic rings. The van der Waals surface area contributed by atoms with E-state index in [1.807, 2.05) is 0 Å². The molecular weight excluding hydrogens is 369 g/mol. The number of fused-ring (bicyclic) bond motifs is 1.